The Hall–Kier alpha value is -1.31. The molecule has 0 N–H and O–H groups in total. The Morgan fingerprint density at radius 1 is 0.692 bits per heavy atom. The fourth-order valence-electron chi connectivity index (χ4n) is 3.86. The second-order valence-electron chi connectivity index (χ2n) is 7.81. The number of benzene rings is 1. The zero-order valence-electron chi connectivity index (χ0n) is 17.3. The molecule has 0 saturated carbocycles. The highest BCUT2D eigenvalue weighted by molar-refractivity contribution is 5.75. The number of imidazole rings is 1. The summed E-state index contributed by atoms with van der Waals surface area (Å²) < 4.78 is 2.50. The van der Waals surface area contributed by atoms with Crippen LogP contribution in [0.15, 0.2) is 24.3 Å². The highest BCUT2D eigenvalue weighted by Gasteiger charge is 2.09. The van der Waals surface area contributed by atoms with Gasteiger partial charge in [0.1, 0.15) is 5.82 Å². The van der Waals surface area contributed by atoms with Gasteiger partial charge in [-0.1, -0.05) is 96.6 Å². The van der Waals surface area contributed by atoms with Gasteiger partial charge in [0.15, 0.2) is 0 Å². The monoisotopic (exact) mass is 356 g/mol. The van der Waals surface area contributed by atoms with Gasteiger partial charge in [-0.15, -0.1) is 0 Å². The number of aryl methyl sites for hydroxylation is 2. The predicted octanol–water partition coefficient (Wildman–Crippen LogP) is 7.69. The fourth-order valence-corrected chi connectivity index (χ4v) is 3.86. The van der Waals surface area contributed by atoms with Crippen LogP contribution < -0.4 is 0 Å². The molecule has 2 heteroatoms. The molecule has 0 aliphatic rings. The molecule has 0 amide bonds. The number of rotatable bonds is 15. The molecule has 0 saturated heterocycles. The maximum atomic E-state index is 4.91. The van der Waals surface area contributed by atoms with E-state index in [1.165, 1.54) is 100 Å². The molecule has 1 heterocycles. The third kappa shape index (κ3) is 7.13. The van der Waals surface area contributed by atoms with Gasteiger partial charge in [-0.3, -0.25) is 0 Å². The van der Waals surface area contributed by atoms with Gasteiger partial charge in [-0.2, -0.15) is 0 Å². The van der Waals surface area contributed by atoms with E-state index in [1.807, 2.05) is 0 Å². The summed E-state index contributed by atoms with van der Waals surface area (Å²) in [7, 11) is 0. The minimum atomic E-state index is 1.13. The standard InChI is InChI=1S/C24H40N2/c1-3-5-7-8-9-10-11-12-13-17-21-26-23-19-16-15-18-22(23)25-24(26)20-14-6-4-2/h15-16,18-19H,3-14,17,20-21H2,1-2H3. The first kappa shape index (κ1) is 21.0. The zero-order valence-corrected chi connectivity index (χ0v) is 17.3. The van der Waals surface area contributed by atoms with Crippen molar-refractivity contribution in [2.75, 3.05) is 0 Å². The lowest BCUT2D eigenvalue weighted by Crippen LogP contribution is -2.04. The summed E-state index contributed by atoms with van der Waals surface area (Å²) in [5.41, 5.74) is 2.50. The summed E-state index contributed by atoms with van der Waals surface area (Å²) in [4.78, 5) is 4.91. The van der Waals surface area contributed by atoms with E-state index in [0.717, 1.165) is 13.0 Å². The van der Waals surface area contributed by atoms with E-state index >= 15 is 0 Å². The van der Waals surface area contributed by atoms with E-state index in [2.05, 4.69) is 42.7 Å². The molecule has 2 nitrogen and oxygen atoms in total. The minimum Gasteiger partial charge on any atom is -0.328 e. The third-order valence-electron chi connectivity index (χ3n) is 5.47. The average Bonchev–Trinajstić information content (AvgIpc) is 3.01. The zero-order chi connectivity index (χ0) is 18.5. The van der Waals surface area contributed by atoms with Gasteiger partial charge >= 0.3 is 0 Å². The molecule has 0 unspecified atom stereocenters. The third-order valence-corrected chi connectivity index (χ3v) is 5.47. The van der Waals surface area contributed by atoms with Gasteiger partial charge in [0, 0.05) is 13.0 Å². The molecule has 0 spiro atoms. The topological polar surface area (TPSA) is 17.8 Å². The lowest BCUT2D eigenvalue weighted by Gasteiger charge is -2.09. The van der Waals surface area contributed by atoms with Gasteiger partial charge in [0.2, 0.25) is 0 Å². The molecule has 0 fully saturated rings. The first-order valence-electron chi connectivity index (χ1n) is 11.3. The van der Waals surface area contributed by atoms with Crippen molar-refractivity contribution in [3.8, 4) is 0 Å². The molecule has 1 aromatic heterocycles. The van der Waals surface area contributed by atoms with Crippen LogP contribution in [-0.2, 0) is 13.0 Å². The molecule has 0 atom stereocenters. The van der Waals surface area contributed by atoms with E-state index in [9.17, 15) is 0 Å². The fraction of sp³-hybridized carbons (Fsp3) is 0.708. The van der Waals surface area contributed by atoms with E-state index in [1.54, 1.807) is 0 Å². The molecule has 0 aliphatic heterocycles. The predicted molar refractivity (Wildman–Crippen MR) is 115 cm³/mol. The Kier molecular flexibility index (Phi) is 10.5. The van der Waals surface area contributed by atoms with Gasteiger partial charge in [0.25, 0.3) is 0 Å². The van der Waals surface area contributed by atoms with Crippen molar-refractivity contribution in [2.45, 2.75) is 110 Å². The summed E-state index contributed by atoms with van der Waals surface area (Å²) in [6.45, 7) is 5.70. The van der Waals surface area contributed by atoms with E-state index in [4.69, 9.17) is 4.98 Å². The van der Waals surface area contributed by atoms with Crippen molar-refractivity contribution in [2.24, 2.45) is 0 Å². The molecule has 0 bridgehead atoms. The summed E-state index contributed by atoms with van der Waals surface area (Å²) in [5, 5.41) is 0. The summed E-state index contributed by atoms with van der Waals surface area (Å²) in [6.07, 6.45) is 18.9. The van der Waals surface area contributed by atoms with Crippen molar-refractivity contribution in [3.05, 3.63) is 30.1 Å². The van der Waals surface area contributed by atoms with Crippen LogP contribution in [0.25, 0.3) is 11.0 Å². The molecule has 2 rings (SSSR count). The molecule has 1 aromatic carbocycles. The number of hydrogen-bond donors (Lipinski definition) is 0. The van der Waals surface area contributed by atoms with Gasteiger partial charge in [-0.25, -0.2) is 4.98 Å². The number of aromatic nitrogens is 2. The minimum absolute atomic E-state index is 1.13. The van der Waals surface area contributed by atoms with Crippen LogP contribution in [-0.4, -0.2) is 9.55 Å². The summed E-state index contributed by atoms with van der Waals surface area (Å²) >= 11 is 0. The highest BCUT2D eigenvalue weighted by Crippen LogP contribution is 2.19. The van der Waals surface area contributed by atoms with Crippen LogP contribution in [0.2, 0.25) is 0 Å². The van der Waals surface area contributed by atoms with Crippen LogP contribution >= 0.6 is 0 Å². The van der Waals surface area contributed by atoms with Gasteiger partial charge in [-0.05, 0) is 25.0 Å². The second kappa shape index (κ2) is 12.9. The maximum Gasteiger partial charge on any atom is 0.109 e. The smallest absolute Gasteiger partial charge is 0.109 e. The number of fused-ring (bicyclic) bond motifs is 1. The van der Waals surface area contributed by atoms with E-state index in [0.29, 0.717) is 0 Å². The molecular weight excluding hydrogens is 316 g/mol. The Balaban J connectivity index is 1.72. The molecule has 0 aliphatic carbocycles. The first-order chi connectivity index (χ1) is 12.9. The number of nitrogens with zero attached hydrogens (tertiary/aromatic N) is 2. The first-order valence-corrected chi connectivity index (χ1v) is 11.3. The number of hydrogen-bond acceptors (Lipinski definition) is 1. The maximum absolute atomic E-state index is 4.91. The van der Waals surface area contributed by atoms with Crippen molar-refractivity contribution in [3.63, 3.8) is 0 Å². The SMILES string of the molecule is CCCCCCCCCCCCn1c(CCCCC)nc2ccccc21. The highest BCUT2D eigenvalue weighted by atomic mass is 15.1. The molecule has 146 valence electrons. The largest absolute Gasteiger partial charge is 0.328 e. The normalized spacial score (nSPS) is 11.5. The molecule has 26 heavy (non-hydrogen) atoms. The van der Waals surface area contributed by atoms with Crippen LogP contribution in [0.1, 0.15) is 103 Å². The van der Waals surface area contributed by atoms with Gasteiger partial charge < -0.3 is 4.57 Å². The van der Waals surface area contributed by atoms with Crippen molar-refractivity contribution >= 4 is 11.0 Å². The lowest BCUT2D eigenvalue weighted by molar-refractivity contribution is 0.529. The second-order valence-corrected chi connectivity index (χ2v) is 7.81. The Morgan fingerprint density at radius 3 is 1.96 bits per heavy atom. The van der Waals surface area contributed by atoms with Crippen molar-refractivity contribution in [1.82, 2.24) is 9.55 Å². The number of unbranched alkanes of at least 4 members (excludes halogenated alkanes) is 11. The van der Waals surface area contributed by atoms with Crippen molar-refractivity contribution < 1.29 is 0 Å². The Bertz CT molecular complexity index is 599. The Labute approximate surface area is 161 Å². The van der Waals surface area contributed by atoms with E-state index in [-0.39, 0.29) is 0 Å². The molecule has 0 radical (unpaired) electrons. The average molecular weight is 357 g/mol. The van der Waals surface area contributed by atoms with Crippen molar-refractivity contribution in [1.29, 1.82) is 0 Å². The number of para-hydroxylation sites is 2. The lowest BCUT2D eigenvalue weighted by atomic mass is 10.1. The quantitative estimate of drug-likeness (QED) is 0.299. The van der Waals surface area contributed by atoms with Crippen LogP contribution in [0.3, 0.4) is 0 Å². The Morgan fingerprint density at radius 2 is 1.27 bits per heavy atom. The van der Waals surface area contributed by atoms with Crippen LogP contribution in [0.4, 0.5) is 0 Å². The van der Waals surface area contributed by atoms with Crippen LogP contribution in [0.5, 0.6) is 0 Å². The summed E-state index contributed by atoms with van der Waals surface area (Å²) in [6, 6.07) is 8.65. The summed E-state index contributed by atoms with van der Waals surface area (Å²) in [5.74, 6) is 1.30. The molecule has 2 aromatic rings. The van der Waals surface area contributed by atoms with Gasteiger partial charge in [0.05, 0.1) is 11.0 Å². The van der Waals surface area contributed by atoms with Crippen LogP contribution in [0, 0.1) is 0 Å². The van der Waals surface area contributed by atoms with E-state index < -0.39 is 0 Å². The molecular formula is C24H40N2.